The summed E-state index contributed by atoms with van der Waals surface area (Å²) in [6.07, 6.45) is 6.76. The summed E-state index contributed by atoms with van der Waals surface area (Å²) in [4.78, 5) is 19.8. The van der Waals surface area contributed by atoms with Gasteiger partial charge in [-0.25, -0.2) is 4.79 Å². The van der Waals surface area contributed by atoms with Gasteiger partial charge < -0.3 is 29.2 Å². The molecule has 7 nitrogen and oxygen atoms in total. The molecule has 1 aliphatic carbocycles. The number of ether oxygens (including phenoxy) is 2. The minimum absolute atomic E-state index is 0.170. The molecule has 4 aromatic rings. The Morgan fingerprint density at radius 2 is 1.79 bits per heavy atom. The van der Waals surface area contributed by atoms with Crippen molar-refractivity contribution in [1.29, 1.82) is 0 Å². The van der Waals surface area contributed by atoms with E-state index in [2.05, 4.69) is 57.4 Å². The number of nitrogens with one attached hydrogen (secondary N) is 1. The van der Waals surface area contributed by atoms with Crippen LogP contribution >= 0.6 is 11.3 Å². The van der Waals surface area contributed by atoms with Crippen molar-refractivity contribution in [2.45, 2.75) is 38.3 Å². The van der Waals surface area contributed by atoms with Crippen LogP contribution in [0.15, 0.2) is 60.8 Å². The SMILES string of the molecule is COc1ccc(NC(=O)N2Cc3c(sc4c3CCCC4)-n3cccc3[C@@H]2c2ccc(N(C)C)cc2)c(OC)c1. The Morgan fingerprint density at radius 3 is 2.54 bits per heavy atom. The predicted molar refractivity (Wildman–Crippen MR) is 157 cm³/mol. The van der Waals surface area contributed by atoms with Gasteiger partial charge in [-0.3, -0.25) is 0 Å². The minimum Gasteiger partial charge on any atom is -0.497 e. The van der Waals surface area contributed by atoms with Crippen molar-refractivity contribution >= 4 is 28.7 Å². The molecule has 1 atom stereocenters. The number of benzene rings is 2. The van der Waals surface area contributed by atoms with Gasteiger partial charge in [-0.2, -0.15) is 0 Å². The lowest BCUT2D eigenvalue weighted by Crippen LogP contribution is -2.38. The van der Waals surface area contributed by atoms with Gasteiger partial charge in [0.25, 0.3) is 0 Å². The third kappa shape index (κ3) is 4.52. The number of amides is 2. The summed E-state index contributed by atoms with van der Waals surface area (Å²) in [6.45, 7) is 0.535. The Kier molecular flexibility index (Phi) is 6.73. The first-order valence-electron chi connectivity index (χ1n) is 13.4. The summed E-state index contributed by atoms with van der Waals surface area (Å²) in [7, 11) is 7.29. The normalized spacial score (nSPS) is 16.0. The second-order valence-electron chi connectivity index (χ2n) is 10.3. The highest BCUT2D eigenvalue weighted by atomic mass is 32.1. The number of nitrogens with zero attached hydrogens (tertiary/aromatic N) is 3. The minimum atomic E-state index is -0.265. The van der Waals surface area contributed by atoms with Crippen LogP contribution in [0, 0.1) is 0 Å². The highest BCUT2D eigenvalue weighted by Gasteiger charge is 2.36. The van der Waals surface area contributed by atoms with Crippen LogP contribution in [0.25, 0.3) is 5.00 Å². The van der Waals surface area contributed by atoms with E-state index in [0.29, 0.717) is 23.7 Å². The van der Waals surface area contributed by atoms with Crippen molar-refractivity contribution in [3.05, 3.63) is 88.1 Å². The Morgan fingerprint density at radius 1 is 1.00 bits per heavy atom. The van der Waals surface area contributed by atoms with E-state index in [4.69, 9.17) is 9.47 Å². The number of hydrogen-bond acceptors (Lipinski definition) is 5. The second-order valence-corrected chi connectivity index (χ2v) is 11.4. The van der Waals surface area contributed by atoms with Gasteiger partial charge in [-0.1, -0.05) is 12.1 Å². The molecular formula is C31H34N4O3S. The number of anilines is 2. The molecule has 0 spiro atoms. The van der Waals surface area contributed by atoms with Crippen molar-refractivity contribution < 1.29 is 14.3 Å². The zero-order valence-electron chi connectivity index (χ0n) is 22.9. The van der Waals surface area contributed by atoms with Gasteiger partial charge in [-0.05, 0) is 73.2 Å². The molecule has 202 valence electrons. The van der Waals surface area contributed by atoms with Crippen molar-refractivity contribution in [3.63, 3.8) is 0 Å². The molecule has 1 N–H and O–H groups in total. The van der Waals surface area contributed by atoms with Gasteiger partial charge >= 0.3 is 6.03 Å². The van der Waals surface area contributed by atoms with Crippen molar-refractivity contribution in [2.75, 3.05) is 38.5 Å². The van der Waals surface area contributed by atoms with Crippen molar-refractivity contribution in [1.82, 2.24) is 9.47 Å². The van der Waals surface area contributed by atoms with E-state index >= 15 is 0 Å². The summed E-state index contributed by atoms with van der Waals surface area (Å²) in [6, 6.07) is 17.8. The van der Waals surface area contributed by atoms with Crippen molar-refractivity contribution in [2.24, 2.45) is 0 Å². The molecule has 39 heavy (non-hydrogen) atoms. The number of methoxy groups -OCH3 is 2. The van der Waals surface area contributed by atoms with Gasteiger partial charge in [0.2, 0.25) is 0 Å². The maximum absolute atomic E-state index is 14.2. The highest BCUT2D eigenvalue weighted by molar-refractivity contribution is 7.15. The Hall–Kier alpha value is -3.91. The Balaban J connectivity index is 1.47. The van der Waals surface area contributed by atoms with Gasteiger partial charge in [-0.15, -0.1) is 11.3 Å². The molecule has 1 aliphatic heterocycles. The third-order valence-corrected chi connectivity index (χ3v) is 9.15. The number of thiophene rings is 1. The van der Waals surface area contributed by atoms with Crippen LogP contribution in [0.3, 0.4) is 0 Å². The molecule has 8 heteroatoms. The topological polar surface area (TPSA) is 59.0 Å². The van der Waals surface area contributed by atoms with E-state index in [1.165, 1.54) is 33.8 Å². The molecule has 2 amide bonds. The monoisotopic (exact) mass is 542 g/mol. The summed E-state index contributed by atoms with van der Waals surface area (Å²) in [5, 5.41) is 4.40. The predicted octanol–water partition coefficient (Wildman–Crippen LogP) is 6.64. The van der Waals surface area contributed by atoms with E-state index in [9.17, 15) is 4.79 Å². The van der Waals surface area contributed by atoms with Crippen LogP contribution in [0.2, 0.25) is 0 Å². The number of urea groups is 1. The molecule has 3 heterocycles. The standard InChI is InChI=1S/C31H34N4O3S/c1-33(2)21-13-11-20(12-14-21)29-26-9-7-17-34(26)30-24(23-8-5-6-10-28(23)39-30)19-35(29)31(36)32-25-16-15-22(37-3)18-27(25)38-4/h7,9,11-18,29H,5-6,8,10,19H2,1-4H3,(H,32,36)/t29-/m0/s1. The fourth-order valence-electron chi connectivity index (χ4n) is 5.78. The summed E-state index contributed by atoms with van der Waals surface area (Å²) < 4.78 is 13.3. The lowest BCUT2D eigenvalue weighted by Gasteiger charge is -2.32. The number of hydrogen-bond donors (Lipinski definition) is 1. The van der Waals surface area contributed by atoms with Crippen LogP contribution in [0.1, 0.15) is 46.1 Å². The summed E-state index contributed by atoms with van der Waals surface area (Å²) >= 11 is 1.89. The molecule has 0 fully saturated rings. The van der Waals surface area contributed by atoms with Gasteiger partial charge in [0.1, 0.15) is 16.5 Å². The lowest BCUT2D eigenvalue weighted by atomic mass is 9.95. The molecule has 2 aromatic carbocycles. The Labute approximate surface area is 233 Å². The van der Waals surface area contributed by atoms with Crippen molar-refractivity contribution in [3.8, 4) is 16.5 Å². The van der Waals surface area contributed by atoms with Gasteiger partial charge in [0, 0.05) is 42.5 Å². The maximum Gasteiger partial charge on any atom is 0.323 e. The number of aromatic nitrogens is 1. The van der Waals surface area contributed by atoms with E-state index in [-0.39, 0.29) is 12.1 Å². The fraction of sp³-hybridized carbons (Fsp3) is 0.323. The third-order valence-electron chi connectivity index (χ3n) is 7.82. The second kappa shape index (κ2) is 10.3. The molecule has 0 radical (unpaired) electrons. The molecule has 0 bridgehead atoms. The number of fused-ring (bicyclic) bond motifs is 5. The lowest BCUT2D eigenvalue weighted by molar-refractivity contribution is 0.194. The molecular weight excluding hydrogens is 508 g/mol. The maximum atomic E-state index is 14.2. The average molecular weight is 543 g/mol. The first-order valence-corrected chi connectivity index (χ1v) is 14.2. The summed E-state index contributed by atoms with van der Waals surface area (Å²) in [5.74, 6) is 1.23. The zero-order chi connectivity index (χ0) is 27.1. The van der Waals surface area contributed by atoms with E-state index in [1.807, 2.05) is 42.5 Å². The van der Waals surface area contributed by atoms with E-state index in [0.717, 1.165) is 29.8 Å². The number of aryl methyl sites for hydroxylation is 1. The molecule has 0 saturated carbocycles. The van der Waals surface area contributed by atoms with E-state index < -0.39 is 0 Å². The van der Waals surface area contributed by atoms with Gasteiger partial charge in [0.05, 0.1) is 38.2 Å². The molecule has 0 unspecified atom stereocenters. The first-order chi connectivity index (χ1) is 19.0. The van der Waals surface area contributed by atoms with Crippen LogP contribution in [0.5, 0.6) is 11.5 Å². The quantitative estimate of drug-likeness (QED) is 0.307. The van der Waals surface area contributed by atoms with Crippen LogP contribution < -0.4 is 19.7 Å². The molecule has 2 aromatic heterocycles. The highest BCUT2D eigenvalue weighted by Crippen LogP contribution is 2.44. The van der Waals surface area contributed by atoms with Crippen LogP contribution in [-0.2, 0) is 19.4 Å². The van der Waals surface area contributed by atoms with Gasteiger partial charge in [0.15, 0.2) is 0 Å². The molecule has 0 saturated heterocycles. The van der Waals surface area contributed by atoms with Crippen LogP contribution in [0.4, 0.5) is 16.2 Å². The zero-order valence-corrected chi connectivity index (χ0v) is 23.7. The summed E-state index contributed by atoms with van der Waals surface area (Å²) in [5.41, 5.74) is 6.59. The first kappa shape index (κ1) is 25.4. The molecule has 6 rings (SSSR count). The number of carbonyl (C=O) groups excluding carboxylic acids is 1. The Bertz CT molecular complexity index is 1500. The smallest absolute Gasteiger partial charge is 0.323 e. The van der Waals surface area contributed by atoms with Crippen LogP contribution in [-0.4, -0.2) is 43.8 Å². The number of rotatable bonds is 5. The number of carbonyl (C=O) groups is 1. The molecule has 2 aliphatic rings. The largest absolute Gasteiger partial charge is 0.497 e. The fourth-order valence-corrected chi connectivity index (χ4v) is 7.18. The average Bonchev–Trinajstić information content (AvgIpc) is 3.55. The van der Waals surface area contributed by atoms with E-state index in [1.54, 1.807) is 20.3 Å².